The van der Waals surface area contributed by atoms with Gasteiger partial charge in [-0.25, -0.2) is 14.1 Å². The number of imidazole rings is 1. The summed E-state index contributed by atoms with van der Waals surface area (Å²) < 4.78 is 16.0. The lowest BCUT2D eigenvalue weighted by Gasteiger charge is -2.45. The van der Waals surface area contributed by atoms with Gasteiger partial charge in [0, 0.05) is 31.7 Å². The van der Waals surface area contributed by atoms with E-state index in [-0.39, 0.29) is 18.5 Å². The molecule has 2 heterocycles. The summed E-state index contributed by atoms with van der Waals surface area (Å²) in [6.07, 6.45) is 6.74. The number of alkyl halides is 1. The van der Waals surface area contributed by atoms with Crippen LogP contribution in [0.2, 0.25) is 0 Å². The zero-order valence-electron chi connectivity index (χ0n) is 20.2. The van der Waals surface area contributed by atoms with Crippen molar-refractivity contribution in [2.75, 3.05) is 25.1 Å². The van der Waals surface area contributed by atoms with Crippen LogP contribution >= 0.6 is 0 Å². The number of hydrogen-bond donors (Lipinski definition) is 1. The fourth-order valence-corrected chi connectivity index (χ4v) is 4.92. The quantitative estimate of drug-likeness (QED) is 0.565. The summed E-state index contributed by atoms with van der Waals surface area (Å²) in [7, 11) is 0. The summed E-state index contributed by atoms with van der Waals surface area (Å²) in [5, 5.41) is 9.07. The van der Waals surface area contributed by atoms with E-state index in [1.54, 1.807) is 10.9 Å². The van der Waals surface area contributed by atoms with Gasteiger partial charge < -0.3 is 4.90 Å². The van der Waals surface area contributed by atoms with Crippen molar-refractivity contribution in [3.63, 3.8) is 0 Å². The first kappa shape index (κ1) is 24.0. The maximum Gasteiger partial charge on any atom is 0.226 e. The van der Waals surface area contributed by atoms with E-state index in [0.717, 1.165) is 37.3 Å². The van der Waals surface area contributed by atoms with Gasteiger partial charge in [0.1, 0.15) is 5.67 Å². The third kappa shape index (κ3) is 4.71. The highest BCUT2D eigenvalue weighted by molar-refractivity contribution is 5.63. The van der Waals surface area contributed by atoms with Gasteiger partial charge in [-0.3, -0.25) is 15.1 Å². The first-order valence-electron chi connectivity index (χ1n) is 12.1. The fraction of sp³-hybridized carbons (Fsp3) is 0.500. The molecule has 34 heavy (non-hydrogen) atoms. The standard InChI is InChI=1S/C26H33FN6O/c1-4-23-17-31(19(3)20-6-8-21(9-7-20)26(27)11-12-26)14-15-32(23)24(5-2)25-30-22(10-13-28)16-33(25)29-18-34/h5-9,16,18-19,23H,4,10-12,14-15,17H2,1-3H3,(H,29,34)/b24-5+. The fourth-order valence-electron chi connectivity index (χ4n) is 4.92. The van der Waals surface area contributed by atoms with E-state index in [1.807, 2.05) is 25.1 Å². The number of hydrogen-bond acceptors (Lipinski definition) is 5. The van der Waals surface area contributed by atoms with Crippen molar-refractivity contribution < 1.29 is 9.18 Å². The molecule has 2 atom stereocenters. The van der Waals surface area contributed by atoms with Crippen molar-refractivity contribution in [3.8, 4) is 6.07 Å². The van der Waals surface area contributed by atoms with Gasteiger partial charge in [0.2, 0.25) is 6.41 Å². The predicted octanol–water partition coefficient (Wildman–Crippen LogP) is 4.13. The van der Waals surface area contributed by atoms with Crippen LogP contribution in [0.1, 0.15) is 68.7 Å². The maximum absolute atomic E-state index is 14.4. The molecule has 2 aromatic rings. The first-order chi connectivity index (χ1) is 16.4. The highest BCUT2D eigenvalue weighted by atomic mass is 19.1. The number of benzene rings is 1. The molecule has 8 heteroatoms. The molecular formula is C26H33FN6O. The van der Waals surface area contributed by atoms with Crippen LogP contribution in [0.5, 0.6) is 0 Å². The Balaban J connectivity index is 1.50. The Morgan fingerprint density at radius 3 is 2.68 bits per heavy atom. The van der Waals surface area contributed by atoms with Crippen LogP contribution in [-0.4, -0.2) is 51.5 Å². The first-order valence-corrected chi connectivity index (χ1v) is 12.1. The van der Waals surface area contributed by atoms with Crippen LogP contribution in [0.25, 0.3) is 5.70 Å². The summed E-state index contributed by atoms with van der Waals surface area (Å²) in [6.45, 7) is 8.94. The summed E-state index contributed by atoms with van der Waals surface area (Å²) in [4.78, 5) is 20.6. The van der Waals surface area contributed by atoms with E-state index in [4.69, 9.17) is 5.26 Å². The molecule has 1 aromatic heterocycles. The van der Waals surface area contributed by atoms with E-state index in [2.05, 4.69) is 52.3 Å². The van der Waals surface area contributed by atoms with Crippen LogP contribution in [0.4, 0.5) is 4.39 Å². The molecule has 0 spiro atoms. The van der Waals surface area contributed by atoms with E-state index < -0.39 is 5.67 Å². The minimum absolute atomic E-state index is 0.183. The molecule has 2 aliphatic rings. The normalized spacial score (nSPS) is 21.1. The van der Waals surface area contributed by atoms with Gasteiger partial charge in [-0.05, 0) is 44.2 Å². The van der Waals surface area contributed by atoms with Crippen LogP contribution < -0.4 is 5.43 Å². The average Bonchev–Trinajstić information content (AvgIpc) is 3.50. The molecule has 2 fully saturated rings. The second kappa shape index (κ2) is 9.98. The Hall–Kier alpha value is -3.18. The molecule has 4 rings (SSSR count). The third-order valence-electron chi connectivity index (χ3n) is 7.15. The second-order valence-corrected chi connectivity index (χ2v) is 9.20. The summed E-state index contributed by atoms with van der Waals surface area (Å²) in [6, 6.07) is 10.7. The van der Waals surface area contributed by atoms with Gasteiger partial charge in [-0.2, -0.15) is 5.26 Å². The molecule has 1 saturated carbocycles. The van der Waals surface area contributed by atoms with Crippen LogP contribution in [0, 0.1) is 11.3 Å². The number of halogens is 1. The molecule has 1 aromatic carbocycles. The Bertz CT molecular complexity index is 1080. The van der Waals surface area contributed by atoms with Gasteiger partial charge in [0.05, 0.1) is 30.1 Å². The number of rotatable bonds is 9. The molecule has 1 amide bonds. The number of carbonyl (C=O) groups is 1. The number of nitrogens with one attached hydrogen (secondary N) is 1. The van der Waals surface area contributed by atoms with E-state index in [9.17, 15) is 9.18 Å². The monoisotopic (exact) mass is 464 g/mol. The Labute approximate surface area is 200 Å². The minimum Gasteiger partial charge on any atom is -0.363 e. The summed E-state index contributed by atoms with van der Waals surface area (Å²) in [5.41, 5.74) is 5.14. The predicted molar refractivity (Wildman–Crippen MR) is 130 cm³/mol. The number of nitrogens with zero attached hydrogens (tertiary/aromatic N) is 5. The molecule has 1 saturated heterocycles. The maximum atomic E-state index is 14.4. The highest BCUT2D eigenvalue weighted by Crippen LogP contribution is 2.49. The molecule has 0 bridgehead atoms. The van der Waals surface area contributed by atoms with Crippen molar-refractivity contribution in [1.29, 1.82) is 5.26 Å². The van der Waals surface area contributed by atoms with E-state index in [1.165, 1.54) is 5.56 Å². The minimum atomic E-state index is -1.10. The van der Waals surface area contributed by atoms with Crippen molar-refractivity contribution in [1.82, 2.24) is 19.5 Å². The zero-order valence-corrected chi connectivity index (χ0v) is 20.2. The molecule has 1 aliphatic heterocycles. The topological polar surface area (TPSA) is 77.2 Å². The number of amides is 1. The number of allylic oxidation sites excluding steroid dienone is 1. The second-order valence-electron chi connectivity index (χ2n) is 9.20. The zero-order chi connectivity index (χ0) is 24.3. The highest BCUT2D eigenvalue weighted by Gasteiger charge is 2.44. The third-order valence-corrected chi connectivity index (χ3v) is 7.15. The Morgan fingerprint density at radius 1 is 1.35 bits per heavy atom. The Kier molecular flexibility index (Phi) is 7.03. The lowest BCUT2D eigenvalue weighted by atomic mass is 9.99. The van der Waals surface area contributed by atoms with Crippen molar-refractivity contribution in [2.24, 2.45) is 0 Å². The van der Waals surface area contributed by atoms with Crippen molar-refractivity contribution in [3.05, 3.63) is 59.2 Å². The number of aromatic nitrogens is 2. The van der Waals surface area contributed by atoms with Gasteiger partial charge >= 0.3 is 0 Å². The smallest absolute Gasteiger partial charge is 0.226 e. The van der Waals surface area contributed by atoms with E-state index in [0.29, 0.717) is 30.8 Å². The van der Waals surface area contributed by atoms with Gasteiger partial charge in [-0.15, -0.1) is 0 Å². The molecule has 1 aliphatic carbocycles. The largest absolute Gasteiger partial charge is 0.363 e. The number of carbonyl (C=O) groups excluding carboxylic acids is 1. The lowest BCUT2D eigenvalue weighted by molar-refractivity contribution is -0.106. The molecule has 180 valence electrons. The van der Waals surface area contributed by atoms with Gasteiger partial charge in [0.25, 0.3) is 0 Å². The van der Waals surface area contributed by atoms with Crippen LogP contribution in [-0.2, 0) is 16.9 Å². The molecule has 2 unspecified atom stereocenters. The molecule has 7 nitrogen and oxygen atoms in total. The van der Waals surface area contributed by atoms with E-state index >= 15 is 0 Å². The van der Waals surface area contributed by atoms with Gasteiger partial charge in [0.15, 0.2) is 5.82 Å². The summed E-state index contributed by atoms with van der Waals surface area (Å²) >= 11 is 0. The molecular weight excluding hydrogens is 431 g/mol. The Morgan fingerprint density at radius 2 is 2.09 bits per heavy atom. The number of nitriles is 1. The average molecular weight is 465 g/mol. The molecule has 0 radical (unpaired) electrons. The van der Waals surface area contributed by atoms with Crippen molar-refractivity contribution >= 4 is 12.1 Å². The van der Waals surface area contributed by atoms with Crippen LogP contribution in [0.3, 0.4) is 0 Å². The van der Waals surface area contributed by atoms with Crippen LogP contribution in [0.15, 0.2) is 36.5 Å². The van der Waals surface area contributed by atoms with Gasteiger partial charge in [-0.1, -0.05) is 37.3 Å². The SMILES string of the molecule is C/C=C(\c1nc(CC#N)cn1NC=O)N1CCN(C(C)c2ccc(C3(F)CC3)cc2)CC1CC. The summed E-state index contributed by atoms with van der Waals surface area (Å²) in [5.74, 6) is 0.635. The molecule has 1 N–H and O–H groups in total. The van der Waals surface area contributed by atoms with Crippen molar-refractivity contribution in [2.45, 2.75) is 64.2 Å². The lowest BCUT2D eigenvalue weighted by Crippen LogP contribution is -2.52. The number of piperazine rings is 1.